The molecular formula is C17H25NO3. The van der Waals surface area contributed by atoms with Gasteiger partial charge >= 0.3 is 0 Å². The fourth-order valence-electron chi connectivity index (χ4n) is 2.92. The van der Waals surface area contributed by atoms with E-state index < -0.39 is 0 Å². The Morgan fingerprint density at radius 3 is 2.38 bits per heavy atom. The van der Waals surface area contributed by atoms with E-state index in [2.05, 4.69) is 5.32 Å². The zero-order valence-corrected chi connectivity index (χ0v) is 13.5. The Hall–Kier alpha value is -1.55. The van der Waals surface area contributed by atoms with Gasteiger partial charge in [0.2, 0.25) is 0 Å². The van der Waals surface area contributed by atoms with Crippen LogP contribution in [0.4, 0.5) is 0 Å². The van der Waals surface area contributed by atoms with Crippen LogP contribution in [-0.2, 0) is 4.79 Å². The molecule has 2 unspecified atom stereocenters. The van der Waals surface area contributed by atoms with Gasteiger partial charge in [0, 0.05) is 11.5 Å². The first-order valence-corrected chi connectivity index (χ1v) is 7.40. The van der Waals surface area contributed by atoms with Crippen LogP contribution < -0.4 is 10.1 Å². The summed E-state index contributed by atoms with van der Waals surface area (Å²) in [5, 5.41) is 12.6. The molecule has 0 aliphatic heterocycles. The number of nitrogens with one attached hydrogen (secondary N) is 1. The lowest BCUT2D eigenvalue weighted by molar-refractivity contribution is -0.131. The Morgan fingerprint density at radius 1 is 1.33 bits per heavy atom. The van der Waals surface area contributed by atoms with Gasteiger partial charge in [-0.1, -0.05) is 31.5 Å². The monoisotopic (exact) mass is 291 g/mol. The molecule has 0 bridgehead atoms. The SMILES string of the molecule is Cc1cc(C)c(OCC(=O)NC2CC(O)C2(C)C)c(C)c1. The van der Waals surface area contributed by atoms with Gasteiger partial charge in [0.25, 0.3) is 5.91 Å². The van der Waals surface area contributed by atoms with Crippen LogP contribution >= 0.6 is 0 Å². The predicted octanol–water partition coefficient (Wildman–Crippen LogP) is 2.27. The average Bonchev–Trinajstić information content (AvgIpc) is 2.37. The van der Waals surface area contributed by atoms with Gasteiger partial charge < -0.3 is 15.2 Å². The van der Waals surface area contributed by atoms with Crippen molar-refractivity contribution in [2.75, 3.05) is 6.61 Å². The molecule has 0 spiro atoms. The second kappa shape index (κ2) is 5.68. The molecule has 0 aromatic heterocycles. The summed E-state index contributed by atoms with van der Waals surface area (Å²) in [7, 11) is 0. The molecule has 1 aliphatic carbocycles. The Bertz CT molecular complexity index is 528. The van der Waals surface area contributed by atoms with Crippen LogP contribution in [0.15, 0.2) is 12.1 Å². The van der Waals surface area contributed by atoms with Crippen molar-refractivity contribution in [2.45, 2.75) is 53.2 Å². The second-order valence-electron chi connectivity index (χ2n) is 6.71. The third-order valence-electron chi connectivity index (χ3n) is 4.50. The van der Waals surface area contributed by atoms with Crippen molar-refractivity contribution in [1.29, 1.82) is 0 Å². The highest BCUT2D eigenvalue weighted by Gasteiger charge is 2.47. The van der Waals surface area contributed by atoms with E-state index in [9.17, 15) is 9.90 Å². The summed E-state index contributed by atoms with van der Waals surface area (Å²) in [6.45, 7) is 9.94. The molecule has 1 aromatic carbocycles. The fraction of sp³-hybridized carbons (Fsp3) is 0.588. The van der Waals surface area contributed by atoms with Crippen LogP contribution in [0.1, 0.15) is 37.0 Å². The molecule has 0 heterocycles. The minimum Gasteiger partial charge on any atom is -0.483 e. The molecule has 21 heavy (non-hydrogen) atoms. The van der Waals surface area contributed by atoms with Gasteiger partial charge in [-0.05, 0) is 38.3 Å². The van der Waals surface area contributed by atoms with Gasteiger partial charge in [-0.3, -0.25) is 4.79 Å². The van der Waals surface area contributed by atoms with Crippen molar-refractivity contribution < 1.29 is 14.6 Å². The molecule has 0 radical (unpaired) electrons. The largest absolute Gasteiger partial charge is 0.483 e. The van der Waals surface area contributed by atoms with E-state index in [1.165, 1.54) is 5.56 Å². The van der Waals surface area contributed by atoms with Gasteiger partial charge in [-0.25, -0.2) is 0 Å². The lowest BCUT2D eigenvalue weighted by atomic mass is 9.64. The maximum absolute atomic E-state index is 12.0. The van der Waals surface area contributed by atoms with Gasteiger partial charge in [0.1, 0.15) is 5.75 Å². The summed E-state index contributed by atoms with van der Waals surface area (Å²) in [6, 6.07) is 4.11. The summed E-state index contributed by atoms with van der Waals surface area (Å²) in [5.74, 6) is 0.642. The zero-order chi connectivity index (χ0) is 15.8. The molecule has 1 amide bonds. The molecule has 1 saturated carbocycles. The van der Waals surface area contributed by atoms with Crippen molar-refractivity contribution in [3.63, 3.8) is 0 Å². The topological polar surface area (TPSA) is 58.6 Å². The maximum Gasteiger partial charge on any atom is 0.258 e. The first-order valence-electron chi connectivity index (χ1n) is 7.40. The number of aliphatic hydroxyl groups excluding tert-OH is 1. The number of carbonyl (C=O) groups is 1. The number of hydrogen-bond donors (Lipinski definition) is 2. The number of amides is 1. The third-order valence-corrected chi connectivity index (χ3v) is 4.50. The van der Waals surface area contributed by atoms with E-state index in [4.69, 9.17) is 4.74 Å². The summed E-state index contributed by atoms with van der Waals surface area (Å²) < 4.78 is 5.67. The van der Waals surface area contributed by atoms with Gasteiger partial charge in [-0.2, -0.15) is 0 Å². The van der Waals surface area contributed by atoms with Gasteiger partial charge in [0.15, 0.2) is 6.61 Å². The summed E-state index contributed by atoms with van der Waals surface area (Å²) >= 11 is 0. The molecule has 4 heteroatoms. The third kappa shape index (κ3) is 3.21. The highest BCUT2D eigenvalue weighted by atomic mass is 16.5. The highest BCUT2D eigenvalue weighted by molar-refractivity contribution is 5.78. The van der Waals surface area contributed by atoms with E-state index in [0.29, 0.717) is 6.42 Å². The Kier molecular flexibility index (Phi) is 4.28. The van der Waals surface area contributed by atoms with Crippen LogP contribution in [0, 0.1) is 26.2 Å². The van der Waals surface area contributed by atoms with Crippen LogP contribution in [0.25, 0.3) is 0 Å². The lowest BCUT2D eigenvalue weighted by Crippen LogP contribution is -2.61. The predicted molar refractivity (Wildman–Crippen MR) is 82.5 cm³/mol. The zero-order valence-electron chi connectivity index (χ0n) is 13.5. The van der Waals surface area contributed by atoms with E-state index >= 15 is 0 Å². The van der Waals surface area contributed by atoms with E-state index in [-0.39, 0.29) is 30.1 Å². The average molecular weight is 291 g/mol. The van der Waals surface area contributed by atoms with Crippen molar-refractivity contribution >= 4 is 5.91 Å². The number of hydrogen-bond acceptors (Lipinski definition) is 3. The highest BCUT2D eigenvalue weighted by Crippen LogP contribution is 2.40. The molecule has 1 aromatic rings. The Balaban J connectivity index is 1.91. The van der Waals surface area contributed by atoms with E-state index in [1.54, 1.807) is 0 Å². The van der Waals surface area contributed by atoms with Gasteiger partial charge in [0.05, 0.1) is 6.10 Å². The number of rotatable bonds is 4. The second-order valence-corrected chi connectivity index (χ2v) is 6.71. The molecule has 2 rings (SSSR count). The number of benzene rings is 1. The fourth-order valence-corrected chi connectivity index (χ4v) is 2.92. The summed E-state index contributed by atoms with van der Waals surface area (Å²) in [5.41, 5.74) is 3.01. The lowest BCUT2D eigenvalue weighted by Gasteiger charge is -2.49. The molecule has 1 fully saturated rings. The van der Waals surface area contributed by atoms with Crippen LogP contribution in [-0.4, -0.2) is 29.8 Å². The van der Waals surface area contributed by atoms with Crippen molar-refractivity contribution in [3.05, 3.63) is 28.8 Å². The van der Waals surface area contributed by atoms with Gasteiger partial charge in [-0.15, -0.1) is 0 Å². The summed E-state index contributed by atoms with van der Waals surface area (Å²) in [4.78, 5) is 12.0. The first-order chi connectivity index (χ1) is 9.71. The molecule has 0 saturated heterocycles. The number of aryl methyl sites for hydroxylation is 3. The Morgan fingerprint density at radius 2 is 1.90 bits per heavy atom. The van der Waals surface area contributed by atoms with Crippen LogP contribution in [0.5, 0.6) is 5.75 Å². The number of aliphatic hydroxyl groups is 1. The number of ether oxygens (including phenoxy) is 1. The summed E-state index contributed by atoms with van der Waals surface area (Å²) in [6.07, 6.45) is 0.270. The standard InChI is InChI=1S/C17H25NO3/c1-10-6-11(2)16(12(3)7-10)21-9-15(20)18-13-8-14(19)17(13,4)5/h6-7,13-14,19H,8-9H2,1-5H3,(H,18,20). The van der Waals surface area contributed by atoms with Crippen molar-refractivity contribution in [3.8, 4) is 5.75 Å². The molecule has 116 valence electrons. The van der Waals surface area contributed by atoms with Crippen molar-refractivity contribution in [2.24, 2.45) is 5.41 Å². The molecular weight excluding hydrogens is 266 g/mol. The Labute approximate surface area is 126 Å². The minimum atomic E-state index is -0.342. The quantitative estimate of drug-likeness (QED) is 0.894. The first kappa shape index (κ1) is 15.8. The van der Waals surface area contributed by atoms with Crippen LogP contribution in [0.3, 0.4) is 0 Å². The molecule has 1 aliphatic rings. The maximum atomic E-state index is 12.0. The molecule has 2 N–H and O–H groups in total. The van der Waals surface area contributed by atoms with E-state index in [1.807, 2.05) is 46.8 Å². The normalized spacial score (nSPS) is 23.3. The number of carbonyl (C=O) groups excluding carboxylic acids is 1. The van der Waals surface area contributed by atoms with E-state index in [0.717, 1.165) is 16.9 Å². The van der Waals surface area contributed by atoms with Crippen molar-refractivity contribution in [1.82, 2.24) is 5.32 Å². The molecule has 4 nitrogen and oxygen atoms in total. The minimum absolute atomic E-state index is 0.00736. The van der Waals surface area contributed by atoms with Crippen LogP contribution in [0.2, 0.25) is 0 Å². The smallest absolute Gasteiger partial charge is 0.258 e. The molecule has 2 atom stereocenters.